The maximum atomic E-state index is 17.6. The van der Waals surface area contributed by atoms with E-state index in [-0.39, 0.29) is 29.8 Å². The number of halogens is 1. The molecule has 1 saturated carbocycles. The molecule has 10 heteroatoms. The van der Waals surface area contributed by atoms with Crippen molar-refractivity contribution in [1.82, 2.24) is 30.0 Å². The van der Waals surface area contributed by atoms with Gasteiger partial charge in [-0.05, 0) is 85.3 Å². The van der Waals surface area contributed by atoms with Gasteiger partial charge in [0.1, 0.15) is 17.9 Å². The van der Waals surface area contributed by atoms with E-state index in [9.17, 15) is 10.4 Å². The average molecular weight is 642 g/mol. The largest absolute Gasteiger partial charge is 0.508 e. The third-order valence-corrected chi connectivity index (χ3v) is 11.0. The zero-order valence-electron chi connectivity index (χ0n) is 26.7. The van der Waals surface area contributed by atoms with Gasteiger partial charge in [-0.15, -0.1) is 0 Å². The molecule has 3 aromatic carbocycles. The van der Waals surface area contributed by atoms with Crippen LogP contribution in [0, 0.1) is 23.1 Å². The smallest absolute Gasteiger partial charge is 0.224 e. The summed E-state index contributed by atoms with van der Waals surface area (Å²) in [5.74, 6) is 0.452. The minimum absolute atomic E-state index is 0.0501. The van der Waals surface area contributed by atoms with Gasteiger partial charge in [-0.2, -0.15) is 10.4 Å². The predicted molar refractivity (Wildman–Crippen MR) is 183 cm³/mol. The van der Waals surface area contributed by atoms with Crippen molar-refractivity contribution in [3.05, 3.63) is 72.4 Å². The number of likely N-dealkylation sites (N-methyl/N-ethyl adjacent to an activating group) is 1. The van der Waals surface area contributed by atoms with E-state index < -0.39 is 5.82 Å². The van der Waals surface area contributed by atoms with Gasteiger partial charge in [0.2, 0.25) is 5.88 Å². The van der Waals surface area contributed by atoms with Crippen LogP contribution in [0.25, 0.3) is 54.8 Å². The van der Waals surface area contributed by atoms with Crippen molar-refractivity contribution in [3.63, 3.8) is 0 Å². The maximum absolute atomic E-state index is 17.6. The number of ether oxygens (including phenoxy) is 1. The van der Waals surface area contributed by atoms with E-state index in [0.717, 1.165) is 65.2 Å². The summed E-state index contributed by atoms with van der Waals surface area (Å²) in [7, 11) is 2.12. The molecule has 4 atom stereocenters. The lowest BCUT2D eigenvalue weighted by Crippen LogP contribution is -2.38. The number of aromatic nitrogens is 4. The van der Waals surface area contributed by atoms with Crippen LogP contribution in [0.2, 0.25) is 0 Å². The van der Waals surface area contributed by atoms with Gasteiger partial charge in [0.05, 0.1) is 29.2 Å². The third kappa shape index (κ3) is 4.49. The van der Waals surface area contributed by atoms with Crippen LogP contribution in [0.1, 0.15) is 37.3 Å². The molecule has 1 aliphatic carbocycles. The van der Waals surface area contributed by atoms with Crippen molar-refractivity contribution < 1.29 is 14.2 Å². The van der Waals surface area contributed by atoms with Crippen molar-refractivity contribution in [2.75, 3.05) is 26.7 Å². The van der Waals surface area contributed by atoms with Gasteiger partial charge < -0.3 is 24.6 Å². The molecule has 9 nitrogen and oxygen atoms in total. The summed E-state index contributed by atoms with van der Waals surface area (Å²) in [6.07, 6.45) is 9.68. The predicted octanol–water partition coefficient (Wildman–Crippen LogP) is 6.71. The fraction of sp³-hybridized carbons (Fsp3) is 0.342. The quantitative estimate of drug-likeness (QED) is 0.169. The highest BCUT2D eigenvalue weighted by Gasteiger charge is 2.48. The molecule has 3 aromatic heterocycles. The summed E-state index contributed by atoms with van der Waals surface area (Å²) in [5, 5.41) is 34.5. The van der Waals surface area contributed by atoms with E-state index in [1.165, 1.54) is 0 Å². The molecule has 6 aromatic rings. The summed E-state index contributed by atoms with van der Waals surface area (Å²) in [6, 6.07) is 16.0. The van der Waals surface area contributed by atoms with Crippen molar-refractivity contribution >= 4 is 32.6 Å². The number of phenols is 1. The number of H-pyrrole nitrogens is 1. The fourth-order valence-electron chi connectivity index (χ4n) is 8.53. The Bertz CT molecular complexity index is 2240. The highest BCUT2D eigenvalue weighted by molar-refractivity contribution is 6.14. The van der Waals surface area contributed by atoms with Crippen LogP contribution in [0.15, 0.2) is 61.1 Å². The molecule has 3 saturated heterocycles. The number of likely N-dealkylation sites (tertiary alicyclic amines) is 1. The van der Waals surface area contributed by atoms with E-state index in [1.54, 1.807) is 18.3 Å². The van der Waals surface area contributed by atoms with Crippen molar-refractivity contribution in [3.8, 4) is 40.0 Å². The number of hydrogen-bond donors (Lipinski definition) is 3. The Balaban J connectivity index is 1.36. The SMILES string of the molecule is CN1CCCC1COc1nc2c(F)c(-c3cc(O)cc4ccccc34)c(CCC#N)cc2c2c1c(-c1cn[nH]c1)cn2C1C2CNC1C2. The molecule has 4 aliphatic rings. The molecule has 4 fully saturated rings. The minimum Gasteiger partial charge on any atom is -0.508 e. The molecule has 0 radical (unpaired) electrons. The van der Waals surface area contributed by atoms with Crippen molar-refractivity contribution in [1.29, 1.82) is 5.26 Å². The molecule has 2 bridgehead atoms. The van der Waals surface area contributed by atoms with E-state index in [2.05, 4.69) is 44.3 Å². The molecule has 10 rings (SSSR count). The Kier molecular flexibility index (Phi) is 6.88. The molecule has 48 heavy (non-hydrogen) atoms. The Morgan fingerprint density at radius 2 is 2.06 bits per heavy atom. The zero-order chi connectivity index (χ0) is 32.5. The van der Waals surface area contributed by atoms with Crippen LogP contribution < -0.4 is 10.1 Å². The summed E-state index contributed by atoms with van der Waals surface area (Å²) < 4.78 is 26.5. The molecule has 0 spiro atoms. The number of phenolic OH excluding ortho intramolecular Hbond substituents is 1. The first-order valence-electron chi connectivity index (χ1n) is 16.8. The summed E-state index contributed by atoms with van der Waals surface area (Å²) in [4.78, 5) is 7.35. The number of aromatic amines is 1. The maximum Gasteiger partial charge on any atom is 0.224 e. The van der Waals surface area contributed by atoms with Crippen LogP contribution in [0.3, 0.4) is 0 Å². The van der Waals surface area contributed by atoms with Crippen LogP contribution in [0.5, 0.6) is 11.6 Å². The first kappa shape index (κ1) is 29.2. The molecular formula is C38H36FN7O2. The van der Waals surface area contributed by atoms with Gasteiger partial charge in [0.25, 0.3) is 0 Å². The van der Waals surface area contributed by atoms with Crippen LogP contribution in [-0.2, 0) is 6.42 Å². The molecule has 242 valence electrons. The first-order chi connectivity index (χ1) is 23.5. The Labute approximate surface area is 276 Å². The van der Waals surface area contributed by atoms with Gasteiger partial charge in [-0.1, -0.05) is 24.3 Å². The minimum atomic E-state index is -0.478. The summed E-state index contributed by atoms with van der Waals surface area (Å²) in [6.45, 7) is 2.42. The molecule has 3 aliphatic heterocycles. The van der Waals surface area contributed by atoms with Gasteiger partial charge >= 0.3 is 0 Å². The lowest BCUT2D eigenvalue weighted by Gasteiger charge is -2.36. The van der Waals surface area contributed by atoms with Crippen molar-refractivity contribution in [2.45, 2.75) is 50.2 Å². The number of pyridine rings is 1. The second-order valence-electron chi connectivity index (χ2n) is 13.7. The number of nitrogens with zero attached hydrogens (tertiary/aromatic N) is 5. The second-order valence-corrected chi connectivity index (χ2v) is 13.7. The normalized spacial score (nSPS) is 22.1. The van der Waals surface area contributed by atoms with Crippen LogP contribution in [0.4, 0.5) is 4.39 Å². The fourth-order valence-corrected chi connectivity index (χ4v) is 8.53. The van der Waals surface area contributed by atoms with E-state index in [1.807, 2.05) is 36.5 Å². The Hall–Kier alpha value is -4.98. The molecule has 6 heterocycles. The molecular weight excluding hydrogens is 605 g/mol. The number of nitrogens with one attached hydrogen (secondary N) is 2. The first-order valence-corrected chi connectivity index (χ1v) is 16.8. The highest BCUT2D eigenvalue weighted by atomic mass is 19.1. The summed E-state index contributed by atoms with van der Waals surface area (Å²) >= 11 is 0. The van der Waals surface area contributed by atoms with E-state index in [4.69, 9.17) is 9.72 Å². The number of aryl methyl sites for hydroxylation is 1. The van der Waals surface area contributed by atoms with E-state index >= 15 is 4.39 Å². The van der Waals surface area contributed by atoms with Gasteiger partial charge in [-0.25, -0.2) is 9.37 Å². The number of aromatic hydroxyl groups is 1. The zero-order valence-corrected chi connectivity index (χ0v) is 26.7. The van der Waals surface area contributed by atoms with Crippen LogP contribution >= 0.6 is 0 Å². The second kappa shape index (κ2) is 11.3. The number of fused-ring (bicyclic) bond motifs is 5. The molecule has 4 unspecified atom stereocenters. The number of nitriles is 1. The number of benzene rings is 3. The van der Waals surface area contributed by atoms with Gasteiger partial charge in [-0.3, -0.25) is 5.10 Å². The monoisotopic (exact) mass is 641 g/mol. The standard InChI is InChI=1S/C38H36FN7O2/c1-45-11-5-8-25(45)20-48-38-33-30(24-17-42-43-18-24)19-46(36-23-14-31(36)41-16-23)37(33)29-13-22(7-4-10-40)32(34(39)35(29)44-38)28-15-26(47)12-21-6-2-3-9-27(21)28/h2-3,6,9,12-13,15,17-19,23,25,31,36,41,47H,4-5,7-8,11,14,16,20H2,1H3,(H,42,43). The lowest BCUT2D eigenvalue weighted by molar-refractivity contribution is 0.195. The topological polar surface area (TPSA) is 115 Å². The third-order valence-electron chi connectivity index (χ3n) is 11.0. The highest BCUT2D eigenvalue weighted by Crippen LogP contribution is 2.50. The van der Waals surface area contributed by atoms with E-state index in [0.29, 0.717) is 52.9 Å². The van der Waals surface area contributed by atoms with Crippen molar-refractivity contribution in [2.24, 2.45) is 5.92 Å². The Morgan fingerprint density at radius 1 is 1.17 bits per heavy atom. The summed E-state index contributed by atoms with van der Waals surface area (Å²) in [5.41, 5.74) is 4.60. The van der Waals surface area contributed by atoms with Gasteiger partial charge in [0.15, 0.2) is 5.82 Å². The number of hydrogen-bond acceptors (Lipinski definition) is 7. The lowest BCUT2D eigenvalue weighted by atomic mass is 9.80. The molecule has 0 amide bonds. The average Bonchev–Trinajstić information content (AvgIpc) is 3.93. The molecule has 3 N–H and O–H groups in total. The van der Waals surface area contributed by atoms with Crippen LogP contribution in [-0.4, -0.2) is 68.6 Å². The van der Waals surface area contributed by atoms with Gasteiger partial charge in [0, 0.05) is 59.5 Å². The number of rotatable bonds is 8. The Morgan fingerprint density at radius 3 is 2.81 bits per heavy atom.